The number of hydrogen-bond donors (Lipinski definition) is 0. The van der Waals surface area contributed by atoms with Gasteiger partial charge in [-0.25, -0.2) is 4.98 Å². The van der Waals surface area contributed by atoms with Crippen molar-refractivity contribution in [3.8, 4) is 0 Å². The minimum Gasteiger partial charge on any atom is -0.284 e. The molecule has 2 aliphatic rings. The Morgan fingerprint density at radius 1 is 0.733 bits per heavy atom. The van der Waals surface area contributed by atoms with Crippen LogP contribution in [0.4, 0.5) is 0 Å². The lowest BCUT2D eigenvalue weighted by Gasteiger charge is -2.32. The Balaban J connectivity index is 1.79. The highest BCUT2D eigenvalue weighted by Crippen LogP contribution is 2.33. The molecule has 30 heavy (non-hydrogen) atoms. The Labute approximate surface area is 184 Å². The van der Waals surface area contributed by atoms with Gasteiger partial charge in [0.05, 0.1) is 34.9 Å². The second-order valence-corrected chi connectivity index (χ2v) is 10.4. The van der Waals surface area contributed by atoms with Gasteiger partial charge in [0.2, 0.25) is 0 Å². The van der Waals surface area contributed by atoms with Crippen LogP contribution in [-0.2, 0) is 0 Å². The third kappa shape index (κ3) is 5.80. The Bertz CT molecular complexity index is 687. The molecule has 4 atom stereocenters. The molecule has 0 aromatic carbocycles. The Hall–Kier alpha value is -1.51. The maximum Gasteiger partial charge on any atom is 0.0845 e. The number of aromatic nitrogens is 1. The van der Waals surface area contributed by atoms with Crippen molar-refractivity contribution >= 4 is 11.4 Å². The Morgan fingerprint density at radius 2 is 1.13 bits per heavy atom. The van der Waals surface area contributed by atoms with Crippen LogP contribution >= 0.6 is 0 Å². The van der Waals surface area contributed by atoms with E-state index in [1.54, 1.807) is 0 Å². The molecule has 1 aromatic rings. The van der Waals surface area contributed by atoms with Crippen molar-refractivity contribution in [1.82, 2.24) is 4.98 Å². The van der Waals surface area contributed by atoms with Gasteiger partial charge in [0, 0.05) is 0 Å². The quantitative estimate of drug-likeness (QED) is 0.460. The topological polar surface area (TPSA) is 37.6 Å². The summed E-state index contributed by atoms with van der Waals surface area (Å²) in [4.78, 5) is 15.3. The zero-order valence-electron chi connectivity index (χ0n) is 20.2. The van der Waals surface area contributed by atoms with E-state index in [1.807, 2.05) is 0 Å². The van der Waals surface area contributed by atoms with Crippen molar-refractivity contribution in [3.05, 3.63) is 29.6 Å². The molecule has 2 saturated carbocycles. The molecule has 1 heterocycles. The number of aliphatic imine (C=N–C) groups is 2. The van der Waals surface area contributed by atoms with E-state index in [-0.39, 0.29) is 0 Å². The Morgan fingerprint density at radius 3 is 1.53 bits per heavy atom. The summed E-state index contributed by atoms with van der Waals surface area (Å²) < 4.78 is 0. The summed E-state index contributed by atoms with van der Waals surface area (Å²) in [6.45, 7) is 13.7. The fourth-order valence-electron chi connectivity index (χ4n) is 5.62. The van der Waals surface area contributed by atoms with Crippen molar-refractivity contribution in [2.24, 2.45) is 33.7 Å². The molecule has 0 bridgehead atoms. The van der Waals surface area contributed by atoms with Crippen molar-refractivity contribution in [2.75, 3.05) is 0 Å². The molecule has 0 radical (unpaired) electrons. The van der Waals surface area contributed by atoms with Crippen molar-refractivity contribution in [1.29, 1.82) is 0 Å². The minimum atomic E-state index is 0.452. The van der Waals surface area contributed by atoms with Gasteiger partial charge in [-0.1, -0.05) is 59.4 Å². The highest BCUT2D eigenvalue weighted by molar-refractivity contribution is 6.00. The first kappa shape index (κ1) is 23.2. The summed E-state index contributed by atoms with van der Waals surface area (Å²) in [5, 5.41) is 0. The predicted octanol–water partition coefficient (Wildman–Crippen LogP) is 7.13. The van der Waals surface area contributed by atoms with Crippen LogP contribution in [0.2, 0.25) is 0 Å². The maximum atomic E-state index is 5.17. The summed E-state index contributed by atoms with van der Waals surface area (Å²) in [5.41, 5.74) is 4.19. The summed E-state index contributed by atoms with van der Waals surface area (Å²) >= 11 is 0. The highest BCUT2D eigenvalue weighted by atomic mass is 14.9. The highest BCUT2D eigenvalue weighted by Gasteiger charge is 2.28. The van der Waals surface area contributed by atoms with Crippen LogP contribution in [0.25, 0.3) is 0 Å². The third-order valence-corrected chi connectivity index (χ3v) is 7.49. The van der Waals surface area contributed by atoms with Crippen LogP contribution in [-0.4, -0.2) is 28.5 Å². The van der Waals surface area contributed by atoms with Gasteiger partial charge < -0.3 is 0 Å². The van der Waals surface area contributed by atoms with Crippen LogP contribution in [0.3, 0.4) is 0 Å². The van der Waals surface area contributed by atoms with Crippen LogP contribution < -0.4 is 0 Å². The first-order valence-corrected chi connectivity index (χ1v) is 12.4. The minimum absolute atomic E-state index is 0.452. The lowest BCUT2D eigenvalue weighted by atomic mass is 9.78. The van der Waals surface area contributed by atoms with Crippen molar-refractivity contribution in [2.45, 2.75) is 105 Å². The van der Waals surface area contributed by atoms with Gasteiger partial charge in [-0.2, -0.15) is 0 Å². The van der Waals surface area contributed by atoms with Crippen LogP contribution in [0.15, 0.2) is 28.2 Å². The van der Waals surface area contributed by atoms with E-state index in [9.17, 15) is 0 Å². The summed E-state index contributed by atoms with van der Waals surface area (Å²) in [6, 6.07) is 7.25. The van der Waals surface area contributed by atoms with Gasteiger partial charge in [-0.05, 0) is 75.3 Å². The third-order valence-electron chi connectivity index (χ3n) is 7.49. The number of hydrogen-bond acceptors (Lipinski definition) is 3. The van der Waals surface area contributed by atoms with Gasteiger partial charge in [-0.3, -0.25) is 9.98 Å². The van der Waals surface area contributed by atoms with E-state index in [1.165, 1.54) is 51.4 Å². The zero-order valence-corrected chi connectivity index (χ0v) is 20.2. The van der Waals surface area contributed by atoms with Gasteiger partial charge in [0.1, 0.15) is 0 Å². The van der Waals surface area contributed by atoms with Crippen LogP contribution in [0.1, 0.15) is 104 Å². The fraction of sp³-hybridized carbons (Fsp3) is 0.741. The van der Waals surface area contributed by atoms with Crippen LogP contribution in [0.5, 0.6) is 0 Å². The zero-order chi connectivity index (χ0) is 21.7. The monoisotopic (exact) mass is 409 g/mol. The van der Waals surface area contributed by atoms with Gasteiger partial charge in [0.15, 0.2) is 0 Å². The molecule has 0 amide bonds. The lowest BCUT2D eigenvalue weighted by Crippen LogP contribution is -2.28. The molecule has 3 nitrogen and oxygen atoms in total. The molecule has 0 aliphatic heterocycles. The molecule has 1 aromatic heterocycles. The summed E-state index contributed by atoms with van der Waals surface area (Å²) in [6.07, 6.45) is 10.4. The van der Waals surface area contributed by atoms with E-state index in [4.69, 9.17) is 15.0 Å². The average molecular weight is 410 g/mol. The van der Waals surface area contributed by atoms with Crippen molar-refractivity contribution in [3.63, 3.8) is 0 Å². The molecule has 2 fully saturated rings. The largest absolute Gasteiger partial charge is 0.284 e. The molecule has 3 rings (SSSR count). The second-order valence-electron chi connectivity index (χ2n) is 10.4. The second kappa shape index (κ2) is 10.7. The molecule has 0 spiro atoms. The molecular weight excluding hydrogens is 366 g/mol. The molecule has 0 saturated heterocycles. The smallest absolute Gasteiger partial charge is 0.0845 e. The van der Waals surface area contributed by atoms with Crippen molar-refractivity contribution < 1.29 is 0 Å². The van der Waals surface area contributed by atoms with Crippen LogP contribution in [0, 0.1) is 23.7 Å². The predicted molar refractivity (Wildman–Crippen MR) is 130 cm³/mol. The number of pyridine rings is 1. The first-order valence-electron chi connectivity index (χ1n) is 12.4. The molecule has 166 valence electrons. The maximum absolute atomic E-state index is 5.17. The SMILES string of the molecule is CC(=NC1CCCC[C@@H]1C(C)C)c1cccc(C(C)=NC2CCCC[C@H]2C(C)C)n1. The summed E-state index contributed by atoms with van der Waals surface area (Å²) in [5.74, 6) is 2.81. The number of nitrogens with zero attached hydrogens (tertiary/aromatic N) is 3. The molecule has 2 unspecified atom stereocenters. The summed E-state index contributed by atoms with van der Waals surface area (Å²) in [7, 11) is 0. The van der Waals surface area contributed by atoms with Gasteiger partial charge >= 0.3 is 0 Å². The van der Waals surface area contributed by atoms with E-state index < -0.39 is 0 Å². The van der Waals surface area contributed by atoms with E-state index in [0.717, 1.165) is 22.8 Å². The van der Waals surface area contributed by atoms with Gasteiger partial charge in [-0.15, -0.1) is 0 Å². The fourth-order valence-corrected chi connectivity index (χ4v) is 5.62. The molecule has 0 N–H and O–H groups in total. The number of rotatable bonds is 6. The molecular formula is C27H43N3. The first-order chi connectivity index (χ1) is 14.4. The van der Waals surface area contributed by atoms with Gasteiger partial charge in [0.25, 0.3) is 0 Å². The Kier molecular flexibility index (Phi) is 8.25. The standard InChI is InChI=1S/C27H43N3/c1-18(2)22-12-7-9-14-26(22)28-20(5)24-16-11-17-25(30-24)21(6)29-27-15-10-8-13-23(27)19(3)4/h11,16-19,22-23,26-27H,7-10,12-15H2,1-6H3/t22-,23+,26?,27?. The average Bonchev–Trinajstić information content (AvgIpc) is 2.74. The van der Waals surface area contributed by atoms with E-state index in [2.05, 4.69) is 59.7 Å². The van der Waals surface area contributed by atoms with E-state index >= 15 is 0 Å². The molecule has 2 aliphatic carbocycles. The molecule has 3 heteroatoms. The lowest BCUT2D eigenvalue weighted by molar-refractivity contribution is 0.241. The van der Waals surface area contributed by atoms with E-state index in [0.29, 0.717) is 35.8 Å². The normalized spacial score (nSPS) is 28.9.